The fraction of sp³-hybridized carbons (Fsp3) is 0.300. The molecule has 0 atom stereocenters. The van der Waals surface area contributed by atoms with Crippen LogP contribution in [0.2, 0.25) is 0 Å². The third kappa shape index (κ3) is 6.19. The lowest BCUT2D eigenvalue weighted by molar-refractivity contribution is 0.0740. The van der Waals surface area contributed by atoms with Crippen LogP contribution in [0.5, 0.6) is 5.75 Å². The Labute approximate surface area is 228 Å². The van der Waals surface area contributed by atoms with Gasteiger partial charge in [0.25, 0.3) is 17.7 Å². The smallest absolute Gasteiger partial charge is 0.258 e. The van der Waals surface area contributed by atoms with E-state index in [9.17, 15) is 18.8 Å². The van der Waals surface area contributed by atoms with E-state index in [-0.39, 0.29) is 17.4 Å². The summed E-state index contributed by atoms with van der Waals surface area (Å²) in [5, 5.41) is 2.72. The maximum atomic E-state index is 14.1. The van der Waals surface area contributed by atoms with Crippen LogP contribution in [-0.2, 0) is 0 Å². The molecule has 0 saturated carbocycles. The summed E-state index contributed by atoms with van der Waals surface area (Å²) in [6, 6.07) is 17.9. The molecule has 0 spiro atoms. The maximum Gasteiger partial charge on any atom is 0.258 e. The van der Waals surface area contributed by atoms with Crippen molar-refractivity contribution in [3.63, 3.8) is 0 Å². The van der Waals surface area contributed by atoms with E-state index >= 15 is 0 Å². The molecule has 39 heavy (non-hydrogen) atoms. The van der Waals surface area contributed by atoms with E-state index in [1.807, 2.05) is 13.8 Å². The number of benzene rings is 3. The van der Waals surface area contributed by atoms with Crippen molar-refractivity contribution < 1.29 is 23.5 Å². The summed E-state index contributed by atoms with van der Waals surface area (Å²) in [5.41, 5.74) is 2.09. The Hall–Kier alpha value is -4.40. The topological polar surface area (TPSA) is 82.2 Å². The highest BCUT2D eigenvalue weighted by Crippen LogP contribution is 2.28. The molecule has 1 aliphatic rings. The van der Waals surface area contributed by atoms with Crippen molar-refractivity contribution in [3.05, 3.63) is 89.2 Å². The van der Waals surface area contributed by atoms with Gasteiger partial charge in [0.1, 0.15) is 11.6 Å². The van der Waals surface area contributed by atoms with E-state index in [1.165, 1.54) is 18.2 Å². The first-order chi connectivity index (χ1) is 18.9. The van der Waals surface area contributed by atoms with Crippen molar-refractivity contribution in [2.75, 3.05) is 56.6 Å². The van der Waals surface area contributed by atoms with Gasteiger partial charge in [-0.2, -0.15) is 0 Å². The monoisotopic (exact) mass is 532 g/mol. The molecule has 3 aromatic carbocycles. The normalized spacial score (nSPS) is 13.1. The number of halogens is 1. The highest BCUT2D eigenvalue weighted by molar-refractivity contribution is 6.06. The maximum absolute atomic E-state index is 14.1. The molecular formula is C30H33FN4O4. The van der Waals surface area contributed by atoms with Crippen LogP contribution >= 0.6 is 0 Å². The molecule has 9 heteroatoms. The zero-order chi connectivity index (χ0) is 27.9. The van der Waals surface area contributed by atoms with Gasteiger partial charge in [0.05, 0.1) is 18.2 Å². The second kappa shape index (κ2) is 12.4. The highest BCUT2D eigenvalue weighted by atomic mass is 19.1. The molecule has 0 bridgehead atoms. The lowest BCUT2D eigenvalue weighted by Crippen LogP contribution is -2.49. The van der Waals surface area contributed by atoms with Crippen LogP contribution in [0.4, 0.5) is 15.8 Å². The Bertz CT molecular complexity index is 1330. The van der Waals surface area contributed by atoms with Crippen LogP contribution in [0, 0.1) is 5.82 Å². The Morgan fingerprint density at radius 3 is 2.18 bits per heavy atom. The number of hydrogen-bond acceptors (Lipinski definition) is 5. The van der Waals surface area contributed by atoms with Gasteiger partial charge in [-0.25, -0.2) is 4.39 Å². The molecule has 1 saturated heterocycles. The third-order valence-corrected chi connectivity index (χ3v) is 6.90. The summed E-state index contributed by atoms with van der Waals surface area (Å²) in [7, 11) is 1.58. The van der Waals surface area contributed by atoms with Gasteiger partial charge in [0.2, 0.25) is 0 Å². The van der Waals surface area contributed by atoms with Crippen LogP contribution in [0.25, 0.3) is 0 Å². The standard InChI is InChI=1S/C30H33FN4O4/c1-4-33(5-2)30(38)25-20-22(32-28(36)24-8-6-7-9-26(24)31)12-15-27(25)34-16-18-35(19-17-34)29(37)21-10-13-23(39-3)14-11-21/h6-15,20H,4-5,16-19H2,1-3H3,(H,32,36). The quantitative estimate of drug-likeness (QED) is 0.461. The minimum atomic E-state index is -0.617. The molecule has 4 rings (SSSR count). The van der Waals surface area contributed by atoms with Crippen LogP contribution in [0.3, 0.4) is 0 Å². The predicted molar refractivity (Wildman–Crippen MR) is 149 cm³/mol. The number of carbonyl (C=O) groups excluding carboxylic acids is 3. The van der Waals surface area contributed by atoms with Gasteiger partial charge in [-0.05, 0) is 68.4 Å². The zero-order valence-electron chi connectivity index (χ0n) is 22.4. The molecule has 1 fully saturated rings. The van der Waals surface area contributed by atoms with Crippen molar-refractivity contribution in [1.29, 1.82) is 0 Å². The number of anilines is 2. The summed E-state index contributed by atoms with van der Waals surface area (Å²) in [5.74, 6) is -0.729. The average Bonchev–Trinajstić information content (AvgIpc) is 2.97. The number of nitrogens with zero attached hydrogens (tertiary/aromatic N) is 3. The van der Waals surface area contributed by atoms with Crippen molar-refractivity contribution in [2.24, 2.45) is 0 Å². The summed E-state index contributed by atoms with van der Waals surface area (Å²) in [6.07, 6.45) is 0. The second-order valence-corrected chi connectivity index (χ2v) is 9.15. The SMILES string of the molecule is CCN(CC)C(=O)c1cc(NC(=O)c2ccccc2F)ccc1N1CCN(C(=O)c2ccc(OC)cc2)CC1. The number of methoxy groups -OCH3 is 1. The molecular weight excluding hydrogens is 499 g/mol. The van der Waals surface area contributed by atoms with E-state index < -0.39 is 11.7 Å². The molecule has 1 heterocycles. The van der Waals surface area contributed by atoms with Gasteiger partial charge in [0.15, 0.2) is 0 Å². The molecule has 0 aliphatic carbocycles. The van der Waals surface area contributed by atoms with Crippen LogP contribution in [0.15, 0.2) is 66.7 Å². The van der Waals surface area contributed by atoms with Crippen molar-refractivity contribution in [2.45, 2.75) is 13.8 Å². The Balaban J connectivity index is 1.54. The fourth-order valence-corrected chi connectivity index (χ4v) is 4.65. The lowest BCUT2D eigenvalue weighted by atomic mass is 10.1. The summed E-state index contributed by atoms with van der Waals surface area (Å²) in [4.78, 5) is 44.8. The molecule has 1 N–H and O–H groups in total. The van der Waals surface area contributed by atoms with Crippen LogP contribution < -0.4 is 15.0 Å². The molecule has 3 amide bonds. The number of rotatable bonds is 8. The van der Waals surface area contributed by atoms with Gasteiger partial charge in [-0.3, -0.25) is 14.4 Å². The molecule has 3 aromatic rings. The first kappa shape index (κ1) is 27.6. The number of amides is 3. The molecule has 0 radical (unpaired) electrons. The number of nitrogens with one attached hydrogen (secondary N) is 1. The molecule has 0 aromatic heterocycles. The molecule has 8 nitrogen and oxygen atoms in total. The lowest BCUT2D eigenvalue weighted by Gasteiger charge is -2.37. The summed E-state index contributed by atoms with van der Waals surface area (Å²) < 4.78 is 19.3. The second-order valence-electron chi connectivity index (χ2n) is 9.15. The third-order valence-electron chi connectivity index (χ3n) is 6.90. The van der Waals surface area contributed by atoms with Crippen molar-refractivity contribution in [1.82, 2.24) is 9.80 Å². The minimum absolute atomic E-state index is 0.0528. The fourth-order valence-electron chi connectivity index (χ4n) is 4.65. The molecule has 0 unspecified atom stereocenters. The summed E-state index contributed by atoms with van der Waals surface area (Å²) in [6.45, 7) is 6.96. The Morgan fingerprint density at radius 1 is 0.897 bits per heavy atom. The Kier molecular flexibility index (Phi) is 8.81. The van der Waals surface area contributed by atoms with E-state index in [0.29, 0.717) is 61.8 Å². The number of carbonyl (C=O) groups is 3. The number of hydrogen-bond donors (Lipinski definition) is 1. The predicted octanol–water partition coefficient (Wildman–Crippen LogP) is 4.53. The van der Waals surface area contributed by atoms with E-state index in [4.69, 9.17) is 4.74 Å². The van der Waals surface area contributed by atoms with Crippen LogP contribution in [0.1, 0.15) is 44.9 Å². The minimum Gasteiger partial charge on any atom is -0.497 e. The van der Waals surface area contributed by atoms with Gasteiger partial charge in [0, 0.05) is 56.2 Å². The zero-order valence-corrected chi connectivity index (χ0v) is 22.4. The molecule has 1 aliphatic heterocycles. The first-order valence-electron chi connectivity index (χ1n) is 13.0. The number of piperazine rings is 1. The van der Waals surface area contributed by atoms with Crippen molar-refractivity contribution in [3.8, 4) is 5.75 Å². The summed E-state index contributed by atoms with van der Waals surface area (Å²) >= 11 is 0. The van der Waals surface area contributed by atoms with Crippen molar-refractivity contribution >= 4 is 29.1 Å². The van der Waals surface area contributed by atoms with Gasteiger partial charge < -0.3 is 24.8 Å². The van der Waals surface area contributed by atoms with E-state index in [2.05, 4.69) is 10.2 Å². The van der Waals surface area contributed by atoms with E-state index in [0.717, 1.165) is 5.69 Å². The average molecular weight is 533 g/mol. The molecule has 204 valence electrons. The highest BCUT2D eigenvalue weighted by Gasteiger charge is 2.26. The van der Waals surface area contributed by atoms with E-state index in [1.54, 1.807) is 65.4 Å². The van der Waals surface area contributed by atoms with Gasteiger partial charge >= 0.3 is 0 Å². The van der Waals surface area contributed by atoms with Gasteiger partial charge in [-0.1, -0.05) is 12.1 Å². The first-order valence-corrected chi connectivity index (χ1v) is 13.0. The van der Waals surface area contributed by atoms with Crippen LogP contribution in [-0.4, -0.2) is 73.9 Å². The number of ether oxygens (including phenoxy) is 1. The largest absolute Gasteiger partial charge is 0.497 e. The Morgan fingerprint density at radius 2 is 1.56 bits per heavy atom. The van der Waals surface area contributed by atoms with Gasteiger partial charge in [-0.15, -0.1) is 0 Å².